The van der Waals surface area contributed by atoms with Gasteiger partial charge in [0.1, 0.15) is 34.9 Å². The molecular formula is C27H30N6O7. The number of ether oxygens (including phenoxy) is 4. The maximum atomic E-state index is 12.1. The number of furan rings is 1. The van der Waals surface area contributed by atoms with Crippen LogP contribution in [0.25, 0.3) is 22.1 Å². The van der Waals surface area contributed by atoms with Gasteiger partial charge in [-0.05, 0) is 39.8 Å². The highest BCUT2D eigenvalue weighted by Crippen LogP contribution is 2.30. The Morgan fingerprint density at radius 3 is 2.10 bits per heavy atom. The Bertz CT molecular complexity index is 1580. The second kappa shape index (κ2) is 13.2. The van der Waals surface area contributed by atoms with Gasteiger partial charge in [-0.15, -0.1) is 0 Å². The van der Waals surface area contributed by atoms with Crippen molar-refractivity contribution in [1.29, 1.82) is 0 Å². The summed E-state index contributed by atoms with van der Waals surface area (Å²) in [7, 11) is 0. The first-order chi connectivity index (χ1) is 19.5. The first-order valence-electron chi connectivity index (χ1n) is 12.8. The van der Waals surface area contributed by atoms with E-state index in [-0.39, 0.29) is 0 Å². The SMILES string of the molecule is CCOC(=O)c1cnc2[nH]ncc2c1OCC.CCOC(=O)c1cnc2c(cnn2Cc2ccco2)c1OCC. The number of aromatic nitrogens is 6. The van der Waals surface area contributed by atoms with Gasteiger partial charge in [-0.3, -0.25) is 5.10 Å². The average molecular weight is 551 g/mol. The van der Waals surface area contributed by atoms with Gasteiger partial charge in [0, 0.05) is 12.4 Å². The molecule has 0 radical (unpaired) electrons. The number of aromatic amines is 1. The lowest BCUT2D eigenvalue weighted by Gasteiger charge is -2.10. The quantitative estimate of drug-likeness (QED) is 0.249. The van der Waals surface area contributed by atoms with Crippen molar-refractivity contribution in [2.75, 3.05) is 26.4 Å². The van der Waals surface area contributed by atoms with Gasteiger partial charge in [-0.1, -0.05) is 0 Å². The second-order valence-corrected chi connectivity index (χ2v) is 8.06. The highest BCUT2D eigenvalue weighted by molar-refractivity contribution is 5.99. The molecular weight excluding hydrogens is 520 g/mol. The number of hydrogen-bond donors (Lipinski definition) is 1. The van der Waals surface area contributed by atoms with Crippen LogP contribution in [0.4, 0.5) is 0 Å². The molecule has 13 nitrogen and oxygen atoms in total. The molecule has 0 saturated carbocycles. The molecule has 5 rings (SSSR count). The molecule has 0 amide bonds. The minimum Gasteiger partial charge on any atom is -0.492 e. The molecule has 5 aromatic heterocycles. The molecule has 0 fully saturated rings. The summed E-state index contributed by atoms with van der Waals surface area (Å²) in [4.78, 5) is 32.2. The third-order valence-electron chi connectivity index (χ3n) is 5.50. The Kier molecular flexibility index (Phi) is 9.28. The van der Waals surface area contributed by atoms with Gasteiger partial charge in [0.2, 0.25) is 0 Å². The monoisotopic (exact) mass is 550 g/mol. The number of esters is 2. The Morgan fingerprint density at radius 1 is 0.850 bits per heavy atom. The summed E-state index contributed by atoms with van der Waals surface area (Å²) in [6.07, 6.45) is 7.73. The minimum absolute atomic E-state index is 0.292. The van der Waals surface area contributed by atoms with Crippen LogP contribution in [0.1, 0.15) is 54.2 Å². The topological polar surface area (TPSA) is 156 Å². The van der Waals surface area contributed by atoms with Gasteiger partial charge in [-0.25, -0.2) is 24.2 Å². The van der Waals surface area contributed by atoms with Crippen molar-refractivity contribution in [2.45, 2.75) is 34.2 Å². The molecule has 0 bridgehead atoms. The number of hydrogen-bond acceptors (Lipinski definition) is 11. The Labute approximate surface area is 229 Å². The molecule has 0 aromatic carbocycles. The summed E-state index contributed by atoms with van der Waals surface area (Å²) < 4.78 is 28.2. The molecule has 0 spiro atoms. The standard InChI is InChI=1S/C16H17N3O4.C11H13N3O3/c1-3-21-14-12-9-18-19(10-11-6-5-7-23-11)15(12)17-8-13(14)16(20)22-4-2;1-3-16-9-7-6-13-14-10(7)12-5-8(9)11(15)17-4-2/h5-9H,3-4,10H2,1-2H3;5-6H,3-4H2,1-2H3,(H,12,13,14). The summed E-state index contributed by atoms with van der Waals surface area (Å²) in [5.74, 6) is 0.784. The second-order valence-electron chi connectivity index (χ2n) is 8.06. The smallest absolute Gasteiger partial charge is 0.343 e. The van der Waals surface area contributed by atoms with E-state index in [4.69, 9.17) is 23.4 Å². The van der Waals surface area contributed by atoms with E-state index in [1.165, 1.54) is 12.4 Å². The van der Waals surface area contributed by atoms with Crippen molar-refractivity contribution in [1.82, 2.24) is 29.9 Å². The third-order valence-corrected chi connectivity index (χ3v) is 5.50. The summed E-state index contributed by atoms with van der Waals surface area (Å²) in [6, 6.07) is 3.68. The van der Waals surface area contributed by atoms with Crippen molar-refractivity contribution in [2.24, 2.45) is 0 Å². The highest BCUT2D eigenvalue weighted by Gasteiger charge is 2.21. The lowest BCUT2D eigenvalue weighted by Crippen LogP contribution is -2.09. The molecule has 0 saturated heterocycles. The van der Waals surface area contributed by atoms with Gasteiger partial charge in [-0.2, -0.15) is 10.2 Å². The van der Waals surface area contributed by atoms with E-state index in [9.17, 15) is 9.59 Å². The number of pyridine rings is 2. The van der Waals surface area contributed by atoms with Crippen LogP contribution in [0.5, 0.6) is 11.5 Å². The predicted octanol–water partition coefficient (Wildman–Crippen LogP) is 4.18. The fourth-order valence-electron chi connectivity index (χ4n) is 3.86. The molecule has 210 valence electrons. The zero-order chi connectivity index (χ0) is 28.5. The zero-order valence-corrected chi connectivity index (χ0v) is 22.7. The van der Waals surface area contributed by atoms with Crippen LogP contribution in [0.3, 0.4) is 0 Å². The Balaban J connectivity index is 0.000000194. The van der Waals surface area contributed by atoms with E-state index in [2.05, 4.69) is 25.3 Å². The average Bonchev–Trinajstić information content (AvgIpc) is 3.72. The van der Waals surface area contributed by atoms with Crippen LogP contribution in [0.15, 0.2) is 47.6 Å². The van der Waals surface area contributed by atoms with Gasteiger partial charge < -0.3 is 23.4 Å². The Morgan fingerprint density at radius 2 is 1.50 bits per heavy atom. The van der Waals surface area contributed by atoms with E-state index in [1.807, 2.05) is 26.0 Å². The number of carbonyl (C=O) groups excluding carboxylic acids is 2. The Hall–Kier alpha value is -4.94. The van der Waals surface area contributed by atoms with Gasteiger partial charge in [0.05, 0.1) is 55.9 Å². The van der Waals surface area contributed by atoms with Crippen LogP contribution in [-0.4, -0.2) is 68.3 Å². The van der Waals surface area contributed by atoms with Crippen LogP contribution < -0.4 is 9.47 Å². The first kappa shape index (κ1) is 28.1. The van der Waals surface area contributed by atoms with Crippen LogP contribution in [0.2, 0.25) is 0 Å². The van der Waals surface area contributed by atoms with Gasteiger partial charge >= 0.3 is 11.9 Å². The number of nitrogens with zero attached hydrogens (tertiary/aromatic N) is 5. The van der Waals surface area contributed by atoms with E-state index in [0.717, 1.165) is 5.76 Å². The molecule has 0 aliphatic carbocycles. The van der Waals surface area contributed by atoms with Crippen molar-refractivity contribution >= 4 is 34.0 Å². The fourth-order valence-corrected chi connectivity index (χ4v) is 3.86. The van der Waals surface area contributed by atoms with Crippen molar-refractivity contribution in [3.05, 3.63) is 60.1 Å². The molecule has 5 aromatic rings. The van der Waals surface area contributed by atoms with Crippen LogP contribution >= 0.6 is 0 Å². The van der Waals surface area contributed by atoms with E-state index in [1.54, 1.807) is 37.2 Å². The maximum Gasteiger partial charge on any atom is 0.343 e. The van der Waals surface area contributed by atoms with Crippen molar-refractivity contribution in [3.8, 4) is 11.5 Å². The third kappa shape index (κ3) is 6.03. The molecule has 0 aliphatic heterocycles. The van der Waals surface area contributed by atoms with Crippen molar-refractivity contribution < 1.29 is 33.0 Å². The molecule has 0 atom stereocenters. The molecule has 13 heteroatoms. The normalized spacial score (nSPS) is 10.7. The van der Waals surface area contributed by atoms with Gasteiger partial charge in [0.15, 0.2) is 11.3 Å². The van der Waals surface area contributed by atoms with Crippen molar-refractivity contribution in [3.63, 3.8) is 0 Å². The maximum absolute atomic E-state index is 12.1. The highest BCUT2D eigenvalue weighted by atomic mass is 16.5. The molecule has 0 aliphatic rings. The fraction of sp³-hybridized carbons (Fsp3) is 0.333. The minimum atomic E-state index is -0.455. The van der Waals surface area contributed by atoms with E-state index < -0.39 is 11.9 Å². The lowest BCUT2D eigenvalue weighted by atomic mass is 10.2. The summed E-state index contributed by atoms with van der Waals surface area (Å²) in [5.41, 5.74) is 1.83. The summed E-state index contributed by atoms with van der Waals surface area (Å²) in [5, 5.41) is 12.3. The number of rotatable bonds is 10. The number of nitrogens with one attached hydrogen (secondary N) is 1. The molecule has 5 heterocycles. The predicted molar refractivity (Wildman–Crippen MR) is 143 cm³/mol. The summed E-state index contributed by atoms with van der Waals surface area (Å²) >= 11 is 0. The van der Waals surface area contributed by atoms with E-state index >= 15 is 0 Å². The molecule has 40 heavy (non-hydrogen) atoms. The van der Waals surface area contributed by atoms with Crippen LogP contribution in [0, 0.1) is 0 Å². The molecule has 1 N–H and O–H groups in total. The largest absolute Gasteiger partial charge is 0.492 e. The number of carbonyl (C=O) groups is 2. The lowest BCUT2D eigenvalue weighted by molar-refractivity contribution is 0.0512. The number of fused-ring (bicyclic) bond motifs is 2. The summed E-state index contributed by atoms with van der Waals surface area (Å²) in [6.45, 7) is 9.15. The zero-order valence-electron chi connectivity index (χ0n) is 22.7. The number of H-pyrrole nitrogens is 1. The van der Waals surface area contributed by atoms with Gasteiger partial charge in [0.25, 0.3) is 0 Å². The van der Waals surface area contributed by atoms with Crippen LogP contribution in [-0.2, 0) is 16.0 Å². The molecule has 0 unspecified atom stereocenters. The van der Waals surface area contributed by atoms with E-state index in [0.29, 0.717) is 77.7 Å². The first-order valence-corrected chi connectivity index (χ1v) is 12.8.